The number of benzene rings is 1. The first-order chi connectivity index (χ1) is 7.68. The van der Waals surface area contributed by atoms with Gasteiger partial charge in [0.1, 0.15) is 5.82 Å². The number of alkyl halides is 3. The Morgan fingerprint density at radius 2 is 1.82 bits per heavy atom. The van der Waals surface area contributed by atoms with Crippen molar-refractivity contribution in [2.75, 3.05) is 0 Å². The van der Waals surface area contributed by atoms with Gasteiger partial charge >= 0.3 is 12.1 Å². The van der Waals surface area contributed by atoms with Crippen LogP contribution in [-0.4, -0.2) is 22.8 Å². The molecule has 0 heterocycles. The van der Waals surface area contributed by atoms with E-state index >= 15 is 0 Å². The molecule has 0 amide bonds. The highest BCUT2D eigenvalue weighted by molar-refractivity contribution is 5.80. The summed E-state index contributed by atoms with van der Waals surface area (Å²) >= 11 is 0. The van der Waals surface area contributed by atoms with Crippen LogP contribution in [0.2, 0.25) is 0 Å². The number of carboxylic acid groups (broad SMARTS) is 1. The van der Waals surface area contributed by atoms with Gasteiger partial charge in [0, 0.05) is 6.42 Å². The van der Waals surface area contributed by atoms with Crippen molar-refractivity contribution in [2.24, 2.45) is 5.73 Å². The lowest BCUT2D eigenvalue weighted by molar-refractivity contribution is -0.201. The highest BCUT2D eigenvalue weighted by atomic mass is 19.4. The summed E-state index contributed by atoms with van der Waals surface area (Å²) in [6.07, 6.45) is -6.32. The average Bonchev–Trinajstić information content (AvgIpc) is 2.19. The van der Waals surface area contributed by atoms with Crippen LogP contribution in [0.1, 0.15) is 5.56 Å². The van der Waals surface area contributed by atoms with Crippen LogP contribution in [0.15, 0.2) is 24.3 Å². The van der Waals surface area contributed by atoms with E-state index in [0.717, 1.165) is 12.1 Å². The molecule has 0 aliphatic rings. The standard InChI is InChI=1S/C10H9F4NO2/c11-7-4-2-1-3-6(7)5-9(15,8(16)17)10(12,13)14/h1-4H,5,15H2,(H,16,17). The van der Waals surface area contributed by atoms with Crippen molar-refractivity contribution in [3.63, 3.8) is 0 Å². The number of carboxylic acids is 1. The first kappa shape index (κ1) is 13.4. The van der Waals surface area contributed by atoms with Gasteiger partial charge in [0.15, 0.2) is 0 Å². The molecule has 0 radical (unpaired) electrons. The number of carbonyl (C=O) groups is 1. The summed E-state index contributed by atoms with van der Waals surface area (Å²) in [5, 5.41) is 8.55. The minimum absolute atomic E-state index is 0.394. The molecule has 1 atom stereocenters. The average molecular weight is 251 g/mol. The molecule has 1 aromatic carbocycles. The first-order valence-electron chi connectivity index (χ1n) is 4.51. The molecule has 0 aliphatic carbocycles. The minimum Gasteiger partial charge on any atom is -0.480 e. The molecular formula is C10H9F4NO2. The SMILES string of the molecule is NC(Cc1ccccc1F)(C(=O)O)C(F)(F)F. The van der Waals surface area contributed by atoms with E-state index in [-0.39, 0.29) is 0 Å². The molecule has 0 saturated carbocycles. The normalized spacial score (nSPS) is 15.4. The molecule has 3 N–H and O–H groups in total. The van der Waals surface area contributed by atoms with Crippen LogP contribution in [0.25, 0.3) is 0 Å². The van der Waals surface area contributed by atoms with Gasteiger partial charge in [0.05, 0.1) is 0 Å². The highest BCUT2D eigenvalue weighted by Crippen LogP contribution is 2.32. The van der Waals surface area contributed by atoms with Crippen LogP contribution in [0, 0.1) is 5.82 Å². The predicted molar refractivity (Wildman–Crippen MR) is 50.7 cm³/mol. The zero-order valence-corrected chi connectivity index (χ0v) is 8.46. The Morgan fingerprint density at radius 1 is 1.29 bits per heavy atom. The lowest BCUT2D eigenvalue weighted by Gasteiger charge is -2.27. The molecule has 1 rings (SSSR count). The van der Waals surface area contributed by atoms with Gasteiger partial charge in [-0.05, 0) is 11.6 Å². The summed E-state index contributed by atoms with van der Waals surface area (Å²) in [6.45, 7) is 0. The van der Waals surface area contributed by atoms with Crippen LogP contribution in [0.5, 0.6) is 0 Å². The Balaban J connectivity index is 3.13. The fraction of sp³-hybridized carbons (Fsp3) is 0.300. The fourth-order valence-electron chi connectivity index (χ4n) is 1.24. The number of halogens is 4. The molecule has 0 aromatic heterocycles. The molecule has 94 valence electrons. The van der Waals surface area contributed by atoms with Gasteiger partial charge in [-0.3, -0.25) is 0 Å². The van der Waals surface area contributed by atoms with E-state index in [4.69, 9.17) is 10.8 Å². The zero-order valence-electron chi connectivity index (χ0n) is 8.46. The summed E-state index contributed by atoms with van der Waals surface area (Å²) in [5.74, 6) is -3.17. The lowest BCUT2D eigenvalue weighted by Crippen LogP contribution is -2.61. The summed E-state index contributed by atoms with van der Waals surface area (Å²) in [7, 11) is 0. The zero-order chi connectivity index (χ0) is 13.3. The number of aliphatic carboxylic acids is 1. The van der Waals surface area contributed by atoms with Gasteiger partial charge < -0.3 is 10.8 Å². The van der Waals surface area contributed by atoms with E-state index in [1.807, 2.05) is 0 Å². The van der Waals surface area contributed by atoms with E-state index in [0.29, 0.717) is 0 Å². The predicted octanol–water partition coefficient (Wildman–Crippen LogP) is 1.71. The molecule has 1 aromatic rings. The van der Waals surface area contributed by atoms with Crippen LogP contribution in [0.4, 0.5) is 17.6 Å². The van der Waals surface area contributed by atoms with Crippen molar-refractivity contribution in [1.29, 1.82) is 0 Å². The largest absolute Gasteiger partial charge is 0.480 e. The van der Waals surface area contributed by atoms with E-state index in [1.54, 1.807) is 0 Å². The van der Waals surface area contributed by atoms with Gasteiger partial charge in [-0.2, -0.15) is 13.2 Å². The van der Waals surface area contributed by atoms with Gasteiger partial charge in [-0.25, -0.2) is 9.18 Å². The Morgan fingerprint density at radius 3 is 2.24 bits per heavy atom. The smallest absolute Gasteiger partial charge is 0.417 e. The number of hydrogen-bond donors (Lipinski definition) is 2. The molecule has 0 bridgehead atoms. The van der Waals surface area contributed by atoms with Crippen molar-refractivity contribution in [1.82, 2.24) is 0 Å². The number of hydrogen-bond acceptors (Lipinski definition) is 2. The lowest BCUT2D eigenvalue weighted by atomic mass is 9.91. The van der Waals surface area contributed by atoms with E-state index in [1.165, 1.54) is 12.1 Å². The van der Waals surface area contributed by atoms with Crippen LogP contribution in [0.3, 0.4) is 0 Å². The summed E-state index contributed by atoms with van der Waals surface area (Å²) in [6, 6.07) is 4.59. The van der Waals surface area contributed by atoms with Gasteiger partial charge in [-0.1, -0.05) is 18.2 Å². The van der Waals surface area contributed by atoms with E-state index in [2.05, 4.69) is 0 Å². The van der Waals surface area contributed by atoms with Crippen LogP contribution < -0.4 is 5.73 Å². The Hall–Kier alpha value is -1.63. The van der Waals surface area contributed by atoms with Crippen molar-refractivity contribution >= 4 is 5.97 Å². The van der Waals surface area contributed by atoms with Crippen molar-refractivity contribution < 1.29 is 27.5 Å². The monoisotopic (exact) mass is 251 g/mol. The third-order valence-electron chi connectivity index (χ3n) is 2.31. The molecule has 17 heavy (non-hydrogen) atoms. The van der Waals surface area contributed by atoms with Gasteiger partial charge in [0.25, 0.3) is 0 Å². The Kier molecular flexibility index (Phi) is 3.42. The molecule has 7 heteroatoms. The van der Waals surface area contributed by atoms with E-state index in [9.17, 15) is 22.4 Å². The molecule has 1 unspecified atom stereocenters. The van der Waals surface area contributed by atoms with E-state index < -0.39 is 35.5 Å². The third kappa shape index (κ3) is 2.55. The van der Waals surface area contributed by atoms with Crippen molar-refractivity contribution in [2.45, 2.75) is 18.1 Å². The first-order valence-corrected chi connectivity index (χ1v) is 4.51. The Labute approximate surface area is 93.8 Å². The molecule has 0 saturated heterocycles. The maximum Gasteiger partial charge on any atom is 0.417 e. The van der Waals surface area contributed by atoms with Crippen LogP contribution >= 0.6 is 0 Å². The molecule has 0 fully saturated rings. The second-order valence-electron chi connectivity index (χ2n) is 3.54. The maximum absolute atomic E-state index is 13.2. The summed E-state index contributed by atoms with van der Waals surface area (Å²) in [4.78, 5) is 10.6. The maximum atomic E-state index is 13.2. The quantitative estimate of drug-likeness (QED) is 0.804. The Bertz CT molecular complexity index is 433. The topological polar surface area (TPSA) is 63.3 Å². The number of nitrogens with two attached hydrogens (primary N) is 1. The molecule has 0 spiro atoms. The third-order valence-corrected chi connectivity index (χ3v) is 2.31. The number of rotatable bonds is 3. The molecule has 0 aliphatic heterocycles. The second-order valence-corrected chi connectivity index (χ2v) is 3.54. The molecule has 3 nitrogen and oxygen atoms in total. The van der Waals surface area contributed by atoms with Crippen LogP contribution in [-0.2, 0) is 11.2 Å². The van der Waals surface area contributed by atoms with Crippen molar-refractivity contribution in [3.8, 4) is 0 Å². The summed E-state index contributed by atoms with van der Waals surface area (Å²) in [5.41, 5.74) is 0.943. The minimum atomic E-state index is -5.17. The molecular weight excluding hydrogens is 242 g/mol. The van der Waals surface area contributed by atoms with Gasteiger partial charge in [-0.15, -0.1) is 0 Å². The summed E-state index contributed by atoms with van der Waals surface area (Å²) < 4.78 is 50.8. The second kappa shape index (κ2) is 4.33. The van der Waals surface area contributed by atoms with Gasteiger partial charge in [0.2, 0.25) is 5.54 Å². The van der Waals surface area contributed by atoms with Crippen molar-refractivity contribution in [3.05, 3.63) is 35.6 Å². The fourth-order valence-corrected chi connectivity index (χ4v) is 1.24. The highest BCUT2D eigenvalue weighted by Gasteiger charge is 2.58.